The molecule has 0 heterocycles. The molecule has 2 aromatic carbocycles. The predicted octanol–water partition coefficient (Wildman–Crippen LogP) is 3.14. The monoisotopic (exact) mass is 270 g/mol. The molecule has 0 aliphatic heterocycles. The average Bonchev–Trinajstić information content (AvgIpc) is 2.53. The molecular formula is C17H18O3. The first-order valence-electron chi connectivity index (χ1n) is 6.61. The standard InChI is InChI=1S/C17H18O3/c1-20-17(19)15-9-5-8-14(12-15)16(18)11-10-13-6-3-2-4-7-13/h2-9,12,16,18H,10-11H2,1H3. The van der Waals surface area contributed by atoms with Crippen LogP contribution in [0.2, 0.25) is 0 Å². The Hall–Kier alpha value is -2.13. The van der Waals surface area contributed by atoms with Crippen molar-refractivity contribution in [1.82, 2.24) is 0 Å². The van der Waals surface area contributed by atoms with Crippen LogP contribution >= 0.6 is 0 Å². The number of rotatable bonds is 5. The van der Waals surface area contributed by atoms with E-state index < -0.39 is 6.10 Å². The second kappa shape index (κ2) is 6.87. The lowest BCUT2D eigenvalue weighted by atomic mass is 10.00. The molecule has 2 aromatic rings. The molecule has 1 atom stereocenters. The summed E-state index contributed by atoms with van der Waals surface area (Å²) < 4.78 is 4.68. The van der Waals surface area contributed by atoms with E-state index in [1.807, 2.05) is 36.4 Å². The number of aliphatic hydroxyl groups is 1. The van der Waals surface area contributed by atoms with E-state index in [0.29, 0.717) is 12.0 Å². The lowest BCUT2D eigenvalue weighted by Gasteiger charge is -2.12. The highest BCUT2D eigenvalue weighted by Crippen LogP contribution is 2.20. The normalized spacial score (nSPS) is 11.9. The maximum Gasteiger partial charge on any atom is 0.337 e. The van der Waals surface area contributed by atoms with Crippen LogP contribution in [0, 0.1) is 0 Å². The Kier molecular flexibility index (Phi) is 4.91. The molecule has 0 aliphatic rings. The highest BCUT2D eigenvalue weighted by atomic mass is 16.5. The Morgan fingerprint density at radius 3 is 2.60 bits per heavy atom. The van der Waals surface area contributed by atoms with Crippen molar-refractivity contribution in [2.45, 2.75) is 18.9 Å². The minimum absolute atomic E-state index is 0.387. The molecule has 2 rings (SSSR count). The first-order chi connectivity index (χ1) is 9.70. The number of carbonyl (C=O) groups excluding carboxylic acids is 1. The second-order valence-corrected chi connectivity index (χ2v) is 4.66. The molecule has 0 amide bonds. The van der Waals surface area contributed by atoms with Gasteiger partial charge < -0.3 is 9.84 Å². The predicted molar refractivity (Wildman–Crippen MR) is 77.5 cm³/mol. The first-order valence-corrected chi connectivity index (χ1v) is 6.61. The molecule has 0 saturated heterocycles. The van der Waals surface area contributed by atoms with Gasteiger partial charge in [0.15, 0.2) is 0 Å². The molecule has 0 bridgehead atoms. The molecule has 0 aliphatic carbocycles. The Balaban J connectivity index is 2.02. The number of aliphatic hydroxyl groups excluding tert-OH is 1. The van der Waals surface area contributed by atoms with E-state index in [4.69, 9.17) is 0 Å². The molecule has 1 unspecified atom stereocenters. The van der Waals surface area contributed by atoms with Gasteiger partial charge in [0.1, 0.15) is 0 Å². The summed E-state index contributed by atoms with van der Waals surface area (Å²) in [5, 5.41) is 10.2. The molecule has 0 fully saturated rings. The number of ether oxygens (including phenoxy) is 1. The van der Waals surface area contributed by atoms with Gasteiger partial charge in [-0.1, -0.05) is 42.5 Å². The SMILES string of the molecule is COC(=O)c1cccc(C(O)CCc2ccccc2)c1. The van der Waals surface area contributed by atoms with E-state index in [0.717, 1.165) is 12.0 Å². The van der Waals surface area contributed by atoms with Gasteiger partial charge in [0.2, 0.25) is 0 Å². The van der Waals surface area contributed by atoms with Crippen LogP contribution in [0.1, 0.15) is 34.0 Å². The minimum Gasteiger partial charge on any atom is -0.465 e. The Morgan fingerprint density at radius 2 is 1.90 bits per heavy atom. The van der Waals surface area contributed by atoms with Gasteiger partial charge in [0.25, 0.3) is 0 Å². The smallest absolute Gasteiger partial charge is 0.337 e. The van der Waals surface area contributed by atoms with Crippen molar-refractivity contribution >= 4 is 5.97 Å². The van der Waals surface area contributed by atoms with E-state index in [1.165, 1.54) is 12.7 Å². The third-order valence-electron chi connectivity index (χ3n) is 3.24. The molecule has 20 heavy (non-hydrogen) atoms. The van der Waals surface area contributed by atoms with Gasteiger partial charge in [-0.2, -0.15) is 0 Å². The van der Waals surface area contributed by atoms with Crippen LogP contribution < -0.4 is 0 Å². The molecule has 0 saturated carbocycles. The third-order valence-corrected chi connectivity index (χ3v) is 3.24. The van der Waals surface area contributed by atoms with Crippen molar-refractivity contribution in [2.24, 2.45) is 0 Å². The molecule has 0 radical (unpaired) electrons. The Morgan fingerprint density at radius 1 is 1.15 bits per heavy atom. The van der Waals surface area contributed by atoms with Crippen LogP contribution in [0.25, 0.3) is 0 Å². The quantitative estimate of drug-likeness (QED) is 0.849. The zero-order valence-corrected chi connectivity index (χ0v) is 11.5. The van der Waals surface area contributed by atoms with E-state index in [9.17, 15) is 9.90 Å². The summed E-state index contributed by atoms with van der Waals surface area (Å²) >= 11 is 0. The summed E-state index contributed by atoms with van der Waals surface area (Å²) in [5.41, 5.74) is 2.39. The Bertz CT molecular complexity index is 563. The highest BCUT2D eigenvalue weighted by Gasteiger charge is 2.11. The van der Waals surface area contributed by atoms with Crippen LogP contribution in [0.5, 0.6) is 0 Å². The largest absolute Gasteiger partial charge is 0.465 e. The molecular weight excluding hydrogens is 252 g/mol. The maximum atomic E-state index is 11.5. The second-order valence-electron chi connectivity index (χ2n) is 4.66. The number of benzene rings is 2. The zero-order valence-electron chi connectivity index (χ0n) is 11.5. The van der Waals surface area contributed by atoms with Gasteiger partial charge in [-0.25, -0.2) is 4.79 Å². The van der Waals surface area contributed by atoms with Gasteiger partial charge in [-0.3, -0.25) is 0 Å². The minimum atomic E-state index is -0.584. The van der Waals surface area contributed by atoms with Crippen molar-refractivity contribution in [3.05, 3.63) is 71.3 Å². The van der Waals surface area contributed by atoms with Crippen LogP contribution in [0.3, 0.4) is 0 Å². The summed E-state index contributed by atoms with van der Waals surface area (Å²) in [6.45, 7) is 0. The summed E-state index contributed by atoms with van der Waals surface area (Å²) in [6.07, 6.45) is 0.832. The molecule has 1 N–H and O–H groups in total. The molecule has 104 valence electrons. The molecule has 0 spiro atoms. The van der Waals surface area contributed by atoms with Crippen LogP contribution in [0.4, 0.5) is 0 Å². The molecule has 3 heteroatoms. The number of hydrogen-bond donors (Lipinski definition) is 1. The maximum absolute atomic E-state index is 11.5. The van der Waals surface area contributed by atoms with Crippen molar-refractivity contribution in [2.75, 3.05) is 7.11 Å². The average molecular weight is 270 g/mol. The van der Waals surface area contributed by atoms with Crippen molar-refractivity contribution in [3.8, 4) is 0 Å². The van der Waals surface area contributed by atoms with Gasteiger partial charge in [-0.15, -0.1) is 0 Å². The lowest BCUT2D eigenvalue weighted by molar-refractivity contribution is 0.0600. The van der Waals surface area contributed by atoms with E-state index in [2.05, 4.69) is 4.74 Å². The number of hydrogen-bond acceptors (Lipinski definition) is 3. The fraction of sp³-hybridized carbons (Fsp3) is 0.235. The fourth-order valence-corrected chi connectivity index (χ4v) is 2.11. The third kappa shape index (κ3) is 3.68. The zero-order chi connectivity index (χ0) is 14.4. The summed E-state index contributed by atoms with van der Waals surface area (Å²) in [4.78, 5) is 11.5. The molecule has 3 nitrogen and oxygen atoms in total. The van der Waals surface area contributed by atoms with E-state index in [-0.39, 0.29) is 5.97 Å². The summed E-state index contributed by atoms with van der Waals surface area (Å²) in [7, 11) is 1.35. The Labute approximate surface area is 118 Å². The topological polar surface area (TPSA) is 46.5 Å². The van der Waals surface area contributed by atoms with Crippen LogP contribution in [0.15, 0.2) is 54.6 Å². The van der Waals surface area contributed by atoms with Crippen LogP contribution in [-0.2, 0) is 11.2 Å². The number of aryl methyl sites for hydroxylation is 1. The number of carbonyl (C=O) groups is 1. The van der Waals surface area contributed by atoms with Crippen LogP contribution in [-0.4, -0.2) is 18.2 Å². The number of esters is 1. The first kappa shape index (κ1) is 14.3. The lowest BCUT2D eigenvalue weighted by Crippen LogP contribution is -2.04. The van der Waals surface area contributed by atoms with Crippen molar-refractivity contribution in [1.29, 1.82) is 0 Å². The fourth-order valence-electron chi connectivity index (χ4n) is 2.11. The highest BCUT2D eigenvalue weighted by molar-refractivity contribution is 5.89. The van der Waals surface area contributed by atoms with Gasteiger partial charge >= 0.3 is 5.97 Å². The number of methoxy groups -OCH3 is 1. The van der Waals surface area contributed by atoms with Crippen molar-refractivity contribution < 1.29 is 14.6 Å². The van der Waals surface area contributed by atoms with Gasteiger partial charge in [0.05, 0.1) is 18.8 Å². The van der Waals surface area contributed by atoms with E-state index in [1.54, 1.807) is 18.2 Å². The molecule has 0 aromatic heterocycles. The van der Waals surface area contributed by atoms with Gasteiger partial charge in [-0.05, 0) is 36.1 Å². The summed E-state index contributed by atoms with van der Waals surface area (Å²) in [6, 6.07) is 17.0. The van der Waals surface area contributed by atoms with Crippen molar-refractivity contribution in [3.63, 3.8) is 0 Å². The van der Waals surface area contributed by atoms with E-state index >= 15 is 0 Å². The summed E-state index contributed by atoms with van der Waals surface area (Å²) in [5.74, 6) is -0.387. The van der Waals surface area contributed by atoms with Gasteiger partial charge in [0, 0.05) is 0 Å².